The summed E-state index contributed by atoms with van der Waals surface area (Å²) in [5.41, 5.74) is 0. The largest absolute Gasteiger partial charge is 0.481 e. The van der Waals surface area contributed by atoms with Crippen LogP contribution in [0.25, 0.3) is 0 Å². The molecule has 0 aromatic heterocycles. The average Bonchev–Trinajstić information content (AvgIpc) is 2.07. The summed E-state index contributed by atoms with van der Waals surface area (Å²) in [6.45, 7) is 0. The third-order valence-electron chi connectivity index (χ3n) is 1.37. The summed E-state index contributed by atoms with van der Waals surface area (Å²) in [7, 11) is 0. The maximum absolute atomic E-state index is 10.2. The molecule has 0 saturated heterocycles. The fourth-order valence-corrected chi connectivity index (χ4v) is 2.00. The lowest BCUT2D eigenvalue weighted by Gasteiger charge is -1.93. The van der Waals surface area contributed by atoms with Crippen molar-refractivity contribution in [3.8, 4) is 0 Å². The highest BCUT2D eigenvalue weighted by atomic mass is 32.2. The molecule has 0 amide bonds. The van der Waals surface area contributed by atoms with Gasteiger partial charge >= 0.3 is 5.97 Å². The van der Waals surface area contributed by atoms with Crippen LogP contribution >= 0.6 is 37.9 Å². The van der Waals surface area contributed by atoms with E-state index < -0.39 is 16.0 Å². The minimum atomic E-state index is -0.875. The quantitative estimate of drug-likeness (QED) is 0.353. The number of carbonyl (C=O) groups is 1. The zero-order valence-electron chi connectivity index (χ0n) is 4.35. The predicted octanol–water partition coefficient (Wildman–Crippen LogP) is 0.555. The summed E-state index contributed by atoms with van der Waals surface area (Å²) >= 11 is 11.9. The van der Waals surface area contributed by atoms with Crippen molar-refractivity contribution in [1.29, 1.82) is 0 Å². The van der Waals surface area contributed by atoms with Gasteiger partial charge in [-0.25, -0.2) is 0 Å². The fourth-order valence-electron chi connectivity index (χ4n) is 0.661. The summed E-state index contributed by atoms with van der Waals surface area (Å²) in [6, 6.07) is 0. The summed E-state index contributed by atoms with van der Waals surface area (Å²) < 4.78 is -0.699. The van der Waals surface area contributed by atoms with Gasteiger partial charge in [-0.05, 0) is 0 Å². The van der Waals surface area contributed by atoms with Crippen LogP contribution in [0.4, 0.5) is 0 Å². The van der Waals surface area contributed by atoms with Crippen LogP contribution < -0.4 is 0 Å². The van der Waals surface area contributed by atoms with Crippen LogP contribution in [0.5, 0.6) is 0 Å². The zero-order chi connectivity index (χ0) is 7.23. The molecule has 52 valence electrons. The van der Waals surface area contributed by atoms with E-state index in [-0.39, 0.29) is 5.25 Å². The summed E-state index contributed by atoms with van der Waals surface area (Å²) in [6.07, 6.45) is 0. The van der Waals surface area contributed by atoms with E-state index in [9.17, 15) is 4.79 Å². The van der Waals surface area contributed by atoms with Gasteiger partial charge in [0.25, 0.3) is 0 Å². The normalized spacial score (nSPS) is 38.1. The maximum Gasteiger partial charge on any atom is 0.310 e. The number of aliphatic carboxylic acids is 1. The molecule has 0 aliphatic heterocycles. The Kier molecular flexibility index (Phi) is 1.69. The molecule has 1 aliphatic rings. The molecular weight excluding hydrogens is 176 g/mol. The molecule has 0 radical (unpaired) electrons. The van der Waals surface area contributed by atoms with Crippen molar-refractivity contribution < 1.29 is 9.90 Å². The van der Waals surface area contributed by atoms with Crippen LogP contribution in [0.2, 0.25) is 0 Å². The van der Waals surface area contributed by atoms with E-state index in [2.05, 4.69) is 37.9 Å². The molecule has 0 aromatic rings. The van der Waals surface area contributed by atoms with Crippen LogP contribution in [0, 0.1) is 5.92 Å². The van der Waals surface area contributed by atoms with E-state index in [1.165, 1.54) is 0 Å². The SMILES string of the molecule is O=C(O)[C@@H]1[C@@H](S)C1(S)S. The molecular formula is C4H6O2S3. The van der Waals surface area contributed by atoms with Crippen molar-refractivity contribution in [3.05, 3.63) is 0 Å². The van der Waals surface area contributed by atoms with E-state index in [1.54, 1.807) is 0 Å². The number of carboxylic acid groups (broad SMARTS) is 1. The molecule has 2 nitrogen and oxygen atoms in total. The number of rotatable bonds is 1. The first kappa shape index (κ1) is 7.63. The van der Waals surface area contributed by atoms with Crippen molar-refractivity contribution in [3.63, 3.8) is 0 Å². The van der Waals surface area contributed by atoms with E-state index in [0.29, 0.717) is 0 Å². The maximum atomic E-state index is 10.2. The van der Waals surface area contributed by atoms with E-state index in [4.69, 9.17) is 5.11 Å². The van der Waals surface area contributed by atoms with Gasteiger partial charge in [-0.15, -0.1) is 0 Å². The van der Waals surface area contributed by atoms with Crippen molar-refractivity contribution in [2.75, 3.05) is 0 Å². The highest BCUT2D eigenvalue weighted by Gasteiger charge is 2.63. The van der Waals surface area contributed by atoms with Gasteiger partial charge in [0, 0.05) is 5.25 Å². The van der Waals surface area contributed by atoms with E-state index in [1.807, 2.05) is 0 Å². The molecule has 1 rings (SSSR count). The zero-order valence-corrected chi connectivity index (χ0v) is 7.04. The lowest BCUT2D eigenvalue weighted by Crippen LogP contribution is -2.03. The van der Waals surface area contributed by atoms with Gasteiger partial charge in [0.15, 0.2) is 0 Å². The Bertz CT molecular complexity index is 156. The molecule has 0 unspecified atom stereocenters. The van der Waals surface area contributed by atoms with Crippen LogP contribution in [0.1, 0.15) is 0 Å². The molecule has 1 aliphatic carbocycles. The van der Waals surface area contributed by atoms with Gasteiger partial charge in [-0.3, -0.25) is 4.79 Å². The van der Waals surface area contributed by atoms with Crippen molar-refractivity contribution in [2.45, 2.75) is 9.33 Å². The van der Waals surface area contributed by atoms with Gasteiger partial charge in [0.2, 0.25) is 0 Å². The predicted molar refractivity (Wildman–Crippen MR) is 44.6 cm³/mol. The van der Waals surface area contributed by atoms with E-state index >= 15 is 0 Å². The Labute approximate surface area is 69.2 Å². The van der Waals surface area contributed by atoms with Crippen molar-refractivity contribution in [2.24, 2.45) is 5.92 Å². The van der Waals surface area contributed by atoms with Crippen molar-refractivity contribution >= 4 is 43.9 Å². The second kappa shape index (κ2) is 2.00. The van der Waals surface area contributed by atoms with Crippen LogP contribution in [0.15, 0.2) is 0 Å². The van der Waals surface area contributed by atoms with Gasteiger partial charge in [-0.2, -0.15) is 37.9 Å². The Hall–Kier alpha value is 0.520. The number of thiol groups is 3. The molecule has 2 atom stereocenters. The topological polar surface area (TPSA) is 37.3 Å². The number of carboxylic acids is 1. The summed E-state index contributed by atoms with van der Waals surface area (Å²) in [5.74, 6) is -1.38. The molecule has 1 fully saturated rings. The van der Waals surface area contributed by atoms with Crippen LogP contribution in [-0.4, -0.2) is 20.4 Å². The first-order valence-electron chi connectivity index (χ1n) is 2.33. The van der Waals surface area contributed by atoms with Gasteiger partial charge in [0.1, 0.15) is 0 Å². The lowest BCUT2D eigenvalue weighted by molar-refractivity contribution is -0.138. The third-order valence-corrected chi connectivity index (χ3v) is 3.59. The first-order valence-corrected chi connectivity index (χ1v) is 3.74. The number of hydrogen-bond donors (Lipinski definition) is 4. The molecule has 1 saturated carbocycles. The minimum absolute atomic E-state index is 0.221. The molecule has 9 heavy (non-hydrogen) atoms. The third kappa shape index (κ3) is 1.06. The van der Waals surface area contributed by atoms with Crippen LogP contribution in [0.3, 0.4) is 0 Å². The molecule has 0 spiro atoms. The smallest absolute Gasteiger partial charge is 0.310 e. The summed E-state index contributed by atoms with van der Waals surface area (Å²) in [5, 5.41) is 8.19. The Morgan fingerprint density at radius 1 is 1.56 bits per heavy atom. The van der Waals surface area contributed by atoms with Crippen LogP contribution in [-0.2, 0) is 4.79 Å². The molecule has 1 N–H and O–H groups in total. The first-order chi connectivity index (χ1) is 3.98. The molecule has 5 heteroatoms. The minimum Gasteiger partial charge on any atom is -0.481 e. The lowest BCUT2D eigenvalue weighted by atomic mass is 10.4. The average molecular weight is 182 g/mol. The van der Waals surface area contributed by atoms with Crippen molar-refractivity contribution in [1.82, 2.24) is 0 Å². The highest BCUT2D eigenvalue weighted by Crippen LogP contribution is 2.55. The molecule has 0 bridgehead atoms. The monoisotopic (exact) mass is 182 g/mol. The fraction of sp³-hybridized carbons (Fsp3) is 0.750. The summed E-state index contributed by atoms with van der Waals surface area (Å²) in [4.78, 5) is 10.2. The second-order valence-corrected chi connectivity index (χ2v) is 4.43. The Morgan fingerprint density at radius 2 is 1.89 bits per heavy atom. The molecule has 0 aromatic carbocycles. The highest BCUT2D eigenvalue weighted by molar-refractivity contribution is 8.03. The van der Waals surface area contributed by atoms with Gasteiger partial charge in [-0.1, -0.05) is 0 Å². The Morgan fingerprint density at radius 3 is 1.89 bits per heavy atom. The van der Waals surface area contributed by atoms with E-state index in [0.717, 1.165) is 0 Å². The van der Waals surface area contributed by atoms with Gasteiger partial charge in [0.05, 0.1) is 10.00 Å². The standard InChI is InChI=1S/C4H6O2S3/c5-3(6)1-2(7)4(1,8)9/h1-2,7-9H,(H,5,6)/t1-,2+/m0/s1. The second-order valence-electron chi connectivity index (χ2n) is 2.04. The number of hydrogen-bond acceptors (Lipinski definition) is 4. The molecule has 0 heterocycles. The Balaban J connectivity index is 2.62. The van der Waals surface area contributed by atoms with Gasteiger partial charge < -0.3 is 5.11 Å².